The minimum absolute atomic E-state index is 0.0611. The Hall–Kier alpha value is -1.33. The van der Waals surface area contributed by atoms with Gasteiger partial charge in [-0.05, 0) is 20.8 Å². The molecule has 0 spiro atoms. The molecule has 1 aliphatic heterocycles. The smallest absolute Gasteiger partial charge is 0.410 e. The van der Waals surface area contributed by atoms with Gasteiger partial charge in [0.1, 0.15) is 11.8 Å². The summed E-state index contributed by atoms with van der Waals surface area (Å²) in [5.41, 5.74) is -0.667. The predicted octanol–water partition coefficient (Wildman–Crippen LogP) is 1.81. The Morgan fingerprint density at radius 2 is 2.06 bits per heavy atom. The number of nitrogens with zero attached hydrogens (tertiary/aromatic N) is 1. The molecule has 1 fully saturated rings. The van der Waals surface area contributed by atoms with Crippen LogP contribution < -0.4 is 0 Å². The molecule has 1 heterocycles. The lowest BCUT2D eigenvalue weighted by molar-refractivity contribution is -0.138. The largest absolute Gasteiger partial charge is 0.481 e. The molecule has 1 rings (SSSR count). The van der Waals surface area contributed by atoms with Crippen molar-refractivity contribution in [1.29, 1.82) is 0 Å². The number of alkyl halides is 1. The topological polar surface area (TPSA) is 66.8 Å². The number of ether oxygens (including phenoxy) is 1. The van der Waals surface area contributed by atoms with Crippen molar-refractivity contribution in [2.75, 3.05) is 6.54 Å². The third-order valence-corrected chi connectivity index (χ3v) is 2.40. The molecule has 5 nitrogen and oxygen atoms in total. The van der Waals surface area contributed by atoms with Gasteiger partial charge < -0.3 is 14.7 Å². The van der Waals surface area contributed by atoms with Crippen LogP contribution in [0.1, 0.15) is 33.6 Å². The molecule has 1 saturated heterocycles. The molecule has 1 amide bonds. The number of carboxylic acids is 1. The summed E-state index contributed by atoms with van der Waals surface area (Å²) >= 11 is 0. The molecule has 2 unspecified atom stereocenters. The SMILES string of the molecule is CC(C)(C)OC(=O)N1CC(F)CC1CC(=O)O. The van der Waals surface area contributed by atoms with E-state index in [0.29, 0.717) is 0 Å². The first kappa shape index (κ1) is 13.7. The van der Waals surface area contributed by atoms with E-state index in [1.165, 1.54) is 4.90 Å². The van der Waals surface area contributed by atoms with E-state index in [1.807, 2.05) is 0 Å². The zero-order valence-corrected chi connectivity index (χ0v) is 10.3. The maximum absolute atomic E-state index is 13.2. The Bertz CT molecular complexity index is 313. The van der Waals surface area contributed by atoms with Crippen molar-refractivity contribution in [1.82, 2.24) is 4.90 Å². The minimum Gasteiger partial charge on any atom is -0.481 e. The number of carbonyl (C=O) groups excluding carboxylic acids is 1. The summed E-state index contributed by atoms with van der Waals surface area (Å²) in [4.78, 5) is 23.5. The Morgan fingerprint density at radius 1 is 1.47 bits per heavy atom. The number of halogens is 1. The zero-order valence-electron chi connectivity index (χ0n) is 10.3. The van der Waals surface area contributed by atoms with E-state index in [9.17, 15) is 14.0 Å². The van der Waals surface area contributed by atoms with E-state index in [0.717, 1.165) is 0 Å². The molecular weight excluding hydrogens is 229 g/mol. The number of carbonyl (C=O) groups is 2. The number of hydrogen-bond acceptors (Lipinski definition) is 3. The first-order valence-corrected chi connectivity index (χ1v) is 5.54. The van der Waals surface area contributed by atoms with Gasteiger partial charge in [0, 0.05) is 12.5 Å². The van der Waals surface area contributed by atoms with Crippen molar-refractivity contribution in [3.05, 3.63) is 0 Å². The predicted molar refractivity (Wildman–Crippen MR) is 58.5 cm³/mol. The molecule has 0 aromatic heterocycles. The number of aliphatic carboxylic acids is 1. The van der Waals surface area contributed by atoms with Crippen molar-refractivity contribution in [3.63, 3.8) is 0 Å². The third kappa shape index (κ3) is 4.20. The molecule has 1 aliphatic rings. The van der Waals surface area contributed by atoms with Crippen LogP contribution in [0.25, 0.3) is 0 Å². The van der Waals surface area contributed by atoms with Crippen LogP contribution in [0.5, 0.6) is 0 Å². The summed E-state index contributed by atoms with van der Waals surface area (Å²) in [6, 6.07) is -0.614. The highest BCUT2D eigenvalue weighted by Gasteiger charge is 2.38. The van der Waals surface area contributed by atoms with Crippen molar-refractivity contribution in [3.8, 4) is 0 Å². The first-order valence-electron chi connectivity index (χ1n) is 5.54. The second-order valence-electron chi connectivity index (χ2n) is 5.22. The molecule has 98 valence electrons. The summed E-state index contributed by atoms with van der Waals surface area (Å²) < 4.78 is 18.3. The number of hydrogen-bond donors (Lipinski definition) is 1. The van der Waals surface area contributed by atoms with Crippen molar-refractivity contribution < 1.29 is 23.8 Å². The zero-order chi connectivity index (χ0) is 13.2. The number of amides is 1. The van der Waals surface area contributed by atoms with Crippen molar-refractivity contribution in [2.45, 2.75) is 51.4 Å². The van der Waals surface area contributed by atoms with Gasteiger partial charge in [0.05, 0.1) is 13.0 Å². The van der Waals surface area contributed by atoms with Crippen molar-refractivity contribution in [2.24, 2.45) is 0 Å². The van der Waals surface area contributed by atoms with Gasteiger partial charge in [-0.15, -0.1) is 0 Å². The summed E-state index contributed by atoms with van der Waals surface area (Å²) in [5.74, 6) is -1.04. The molecule has 1 N–H and O–H groups in total. The van der Waals surface area contributed by atoms with Crippen LogP contribution in [0, 0.1) is 0 Å². The second kappa shape index (κ2) is 4.89. The molecule has 17 heavy (non-hydrogen) atoms. The standard InChI is InChI=1S/C11H18FNO4/c1-11(2,3)17-10(16)13-6-7(12)4-8(13)5-9(14)15/h7-8H,4-6H2,1-3H3,(H,14,15). The molecule has 0 aromatic carbocycles. The molecule has 0 saturated carbocycles. The minimum atomic E-state index is -1.17. The summed E-state index contributed by atoms with van der Waals surface area (Å²) in [6.45, 7) is 5.03. The van der Waals surface area contributed by atoms with Gasteiger partial charge in [-0.2, -0.15) is 0 Å². The van der Waals surface area contributed by atoms with Crippen LogP contribution in [0.15, 0.2) is 0 Å². The summed E-state index contributed by atoms with van der Waals surface area (Å²) in [7, 11) is 0. The lowest BCUT2D eigenvalue weighted by Crippen LogP contribution is -2.40. The van der Waals surface area contributed by atoms with Crippen LogP contribution in [-0.4, -0.2) is 46.4 Å². The quantitative estimate of drug-likeness (QED) is 0.808. The van der Waals surface area contributed by atoms with Gasteiger partial charge in [0.25, 0.3) is 0 Å². The average Bonchev–Trinajstić information content (AvgIpc) is 2.42. The van der Waals surface area contributed by atoms with E-state index < -0.39 is 29.9 Å². The van der Waals surface area contributed by atoms with Crippen LogP contribution in [0.3, 0.4) is 0 Å². The van der Waals surface area contributed by atoms with E-state index >= 15 is 0 Å². The fraction of sp³-hybridized carbons (Fsp3) is 0.818. The Morgan fingerprint density at radius 3 is 2.53 bits per heavy atom. The van der Waals surface area contributed by atoms with Crippen molar-refractivity contribution >= 4 is 12.1 Å². The molecule has 0 aromatic rings. The highest BCUT2D eigenvalue weighted by Crippen LogP contribution is 2.25. The average molecular weight is 247 g/mol. The van der Waals surface area contributed by atoms with Gasteiger partial charge >= 0.3 is 12.1 Å². The highest BCUT2D eigenvalue weighted by molar-refractivity contribution is 5.72. The van der Waals surface area contributed by atoms with Gasteiger partial charge in [-0.1, -0.05) is 0 Å². The van der Waals surface area contributed by atoms with Crippen LogP contribution in [0.2, 0.25) is 0 Å². The Balaban J connectivity index is 2.66. The van der Waals surface area contributed by atoms with Crippen LogP contribution >= 0.6 is 0 Å². The summed E-state index contributed by atoms with van der Waals surface area (Å²) in [6.07, 6.45) is -2.01. The lowest BCUT2D eigenvalue weighted by Gasteiger charge is -2.27. The molecule has 2 atom stereocenters. The van der Waals surface area contributed by atoms with E-state index in [1.54, 1.807) is 20.8 Å². The van der Waals surface area contributed by atoms with Crippen LogP contribution in [-0.2, 0) is 9.53 Å². The Kier molecular flexibility index (Phi) is 3.95. The lowest BCUT2D eigenvalue weighted by atomic mass is 10.1. The molecule has 0 aliphatic carbocycles. The third-order valence-electron chi connectivity index (χ3n) is 2.40. The van der Waals surface area contributed by atoms with Gasteiger partial charge in [0.15, 0.2) is 0 Å². The van der Waals surface area contributed by atoms with Gasteiger partial charge in [-0.25, -0.2) is 9.18 Å². The molecular formula is C11H18FNO4. The number of carboxylic acid groups (broad SMARTS) is 1. The fourth-order valence-electron chi connectivity index (χ4n) is 1.80. The van der Waals surface area contributed by atoms with E-state index in [2.05, 4.69) is 0 Å². The monoisotopic (exact) mass is 247 g/mol. The number of likely N-dealkylation sites (tertiary alicyclic amines) is 1. The maximum Gasteiger partial charge on any atom is 0.410 e. The van der Waals surface area contributed by atoms with Gasteiger partial charge in [0.2, 0.25) is 0 Å². The molecule has 0 radical (unpaired) electrons. The number of rotatable bonds is 2. The Labute approximate surface area is 99.5 Å². The fourth-order valence-corrected chi connectivity index (χ4v) is 1.80. The molecule has 0 bridgehead atoms. The van der Waals surface area contributed by atoms with Gasteiger partial charge in [-0.3, -0.25) is 4.79 Å². The first-order chi connectivity index (χ1) is 7.69. The summed E-state index contributed by atoms with van der Waals surface area (Å²) in [5, 5.41) is 8.69. The highest BCUT2D eigenvalue weighted by atomic mass is 19.1. The molecule has 6 heteroatoms. The normalized spacial score (nSPS) is 24.8. The van der Waals surface area contributed by atoms with Crippen LogP contribution in [0.4, 0.5) is 9.18 Å². The van der Waals surface area contributed by atoms with E-state index in [-0.39, 0.29) is 19.4 Å². The second-order valence-corrected chi connectivity index (χ2v) is 5.22. The van der Waals surface area contributed by atoms with E-state index in [4.69, 9.17) is 9.84 Å². The maximum atomic E-state index is 13.2.